The topological polar surface area (TPSA) is 117 Å². The first-order chi connectivity index (χ1) is 15.9. The molecule has 1 saturated heterocycles. The van der Waals surface area contributed by atoms with E-state index in [0.717, 1.165) is 27.6 Å². The SMILES string of the molecule is COc1ccc([C@@H]2c3sc(=O)[nH]c3S[C@@H]3[C@H]4C[C@@H]([C@@H]5C(=O)N(CCC(=O)O)C(=O)[C@@H]45)[C@H]23)cc1. The average molecular weight is 487 g/mol. The van der Waals surface area contributed by atoms with Crippen molar-refractivity contribution in [3.8, 4) is 5.75 Å². The van der Waals surface area contributed by atoms with Gasteiger partial charge in [0.25, 0.3) is 0 Å². The van der Waals surface area contributed by atoms with E-state index in [0.29, 0.717) is 0 Å². The van der Waals surface area contributed by atoms with E-state index in [1.54, 1.807) is 18.9 Å². The predicted octanol–water partition coefficient (Wildman–Crippen LogP) is 2.39. The van der Waals surface area contributed by atoms with Gasteiger partial charge in [-0.3, -0.25) is 24.1 Å². The van der Waals surface area contributed by atoms with Crippen LogP contribution in [0.25, 0.3) is 0 Å². The van der Waals surface area contributed by atoms with Gasteiger partial charge in [0.2, 0.25) is 11.8 Å². The number of hydrogen-bond donors (Lipinski definition) is 2. The van der Waals surface area contributed by atoms with Gasteiger partial charge in [0.1, 0.15) is 5.75 Å². The second kappa shape index (κ2) is 7.46. The quantitative estimate of drug-likeness (QED) is 0.623. The van der Waals surface area contributed by atoms with Crippen molar-refractivity contribution >= 4 is 40.9 Å². The fourth-order valence-electron chi connectivity index (χ4n) is 6.69. The fraction of sp³-hybridized carbons (Fsp3) is 0.478. The summed E-state index contributed by atoms with van der Waals surface area (Å²) < 4.78 is 5.31. The molecular formula is C23H22N2O6S2. The summed E-state index contributed by atoms with van der Waals surface area (Å²) in [6, 6.07) is 7.87. The Hall–Kier alpha value is -2.59. The molecule has 2 aliphatic carbocycles. The normalized spacial score (nSPS) is 33.7. The van der Waals surface area contributed by atoms with Crippen molar-refractivity contribution in [1.29, 1.82) is 0 Å². The first-order valence-electron chi connectivity index (χ1n) is 11.0. The molecule has 10 heteroatoms. The molecular weight excluding hydrogens is 464 g/mol. The molecule has 2 aromatic rings. The molecule has 7 atom stereocenters. The molecule has 1 aromatic carbocycles. The molecule has 2 bridgehead atoms. The van der Waals surface area contributed by atoms with Gasteiger partial charge in [0.15, 0.2) is 0 Å². The minimum atomic E-state index is -1.02. The molecule has 172 valence electrons. The van der Waals surface area contributed by atoms with E-state index in [1.165, 1.54) is 16.2 Å². The third-order valence-electron chi connectivity index (χ3n) is 7.84. The summed E-state index contributed by atoms with van der Waals surface area (Å²) in [6.45, 7) is -0.0650. The summed E-state index contributed by atoms with van der Waals surface area (Å²) in [5.41, 5.74) is 1.08. The van der Waals surface area contributed by atoms with E-state index in [1.807, 2.05) is 24.3 Å². The van der Waals surface area contributed by atoms with Gasteiger partial charge >= 0.3 is 10.8 Å². The van der Waals surface area contributed by atoms with Crippen molar-refractivity contribution in [2.75, 3.05) is 13.7 Å². The van der Waals surface area contributed by atoms with Crippen LogP contribution in [0.15, 0.2) is 34.1 Å². The molecule has 6 rings (SSSR count). The second-order valence-corrected chi connectivity index (χ2v) is 11.4. The monoisotopic (exact) mass is 486 g/mol. The van der Waals surface area contributed by atoms with Crippen LogP contribution in [0.4, 0.5) is 0 Å². The van der Waals surface area contributed by atoms with Crippen molar-refractivity contribution in [3.05, 3.63) is 44.4 Å². The smallest absolute Gasteiger partial charge is 0.305 e. The number of fused-ring (bicyclic) bond motifs is 9. The minimum absolute atomic E-state index is 0.0289. The maximum atomic E-state index is 13.3. The van der Waals surface area contributed by atoms with Crippen LogP contribution >= 0.6 is 23.1 Å². The van der Waals surface area contributed by atoms with Crippen molar-refractivity contribution in [2.24, 2.45) is 29.6 Å². The summed E-state index contributed by atoms with van der Waals surface area (Å²) >= 11 is 2.87. The fourth-order valence-corrected chi connectivity index (χ4v) is 9.58. The van der Waals surface area contributed by atoms with Crippen LogP contribution in [0, 0.1) is 29.6 Å². The van der Waals surface area contributed by atoms with E-state index < -0.39 is 11.9 Å². The van der Waals surface area contributed by atoms with Crippen molar-refractivity contribution in [1.82, 2.24) is 9.88 Å². The largest absolute Gasteiger partial charge is 0.497 e. The van der Waals surface area contributed by atoms with Crippen molar-refractivity contribution < 1.29 is 24.2 Å². The Balaban J connectivity index is 1.40. The highest BCUT2D eigenvalue weighted by molar-refractivity contribution is 8.00. The number of H-pyrrole nitrogens is 1. The number of imide groups is 1. The number of aromatic amines is 1. The number of carboxylic acids is 1. The molecule has 0 unspecified atom stereocenters. The maximum Gasteiger partial charge on any atom is 0.305 e. The summed E-state index contributed by atoms with van der Waals surface area (Å²) in [5.74, 6) is -1.32. The lowest BCUT2D eigenvalue weighted by Gasteiger charge is -2.43. The maximum absolute atomic E-state index is 13.3. The van der Waals surface area contributed by atoms with E-state index in [-0.39, 0.29) is 64.5 Å². The number of methoxy groups -OCH3 is 1. The van der Waals surface area contributed by atoms with Crippen molar-refractivity contribution in [3.63, 3.8) is 0 Å². The third-order valence-corrected chi connectivity index (χ3v) is 10.4. The van der Waals surface area contributed by atoms with Crippen LogP contribution in [-0.2, 0) is 14.4 Å². The lowest BCUT2D eigenvalue weighted by molar-refractivity contribution is -0.142. The molecule has 2 aliphatic heterocycles. The highest BCUT2D eigenvalue weighted by Crippen LogP contribution is 2.68. The number of carbonyl (C=O) groups excluding carboxylic acids is 2. The van der Waals surface area contributed by atoms with Gasteiger partial charge < -0.3 is 14.8 Å². The number of ether oxygens (including phenoxy) is 1. The van der Waals surface area contributed by atoms with Crippen molar-refractivity contribution in [2.45, 2.75) is 29.0 Å². The van der Waals surface area contributed by atoms with Gasteiger partial charge in [-0.2, -0.15) is 0 Å². The Morgan fingerprint density at radius 2 is 1.85 bits per heavy atom. The number of thioether (sulfide) groups is 1. The van der Waals surface area contributed by atoms with E-state index in [4.69, 9.17) is 9.84 Å². The third kappa shape index (κ3) is 2.96. The molecule has 4 aliphatic rings. The summed E-state index contributed by atoms with van der Waals surface area (Å²) in [6.07, 6.45) is 0.578. The van der Waals surface area contributed by atoms with Gasteiger partial charge in [0, 0.05) is 22.6 Å². The zero-order valence-corrected chi connectivity index (χ0v) is 19.4. The van der Waals surface area contributed by atoms with Crippen LogP contribution in [0.5, 0.6) is 5.75 Å². The van der Waals surface area contributed by atoms with Gasteiger partial charge in [-0.05, 0) is 41.9 Å². The highest BCUT2D eigenvalue weighted by atomic mass is 32.2. The highest BCUT2D eigenvalue weighted by Gasteiger charge is 2.69. The number of nitrogens with zero attached hydrogens (tertiary/aromatic N) is 1. The minimum Gasteiger partial charge on any atom is -0.497 e. The van der Waals surface area contributed by atoms with Crippen LogP contribution in [0.2, 0.25) is 0 Å². The van der Waals surface area contributed by atoms with Gasteiger partial charge in [-0.1, -0.05) is 23.5 Å². The number of hydrogen-bond acceptors (Lipinski definition) is 7. The average Bonchev–Trinajstić information content (AvgIpc) is 3.52. The van der Waals surface area contributed by atoms with Crippen LogP contribution in [-0.4, -0.2) is 51.7 Å². The number of carbonyl (C=O) groups is 3. The van der Waals surface area contributed by atoms with E-state index in [9.17, 15) is 19.2 Å². The zero-order valence-electron chi connectivity index (χ0n) is 17.7. The van der Waals surface area contributed by atoms with Crippen LogP contribution in [0.3, 0.4) is 0 Å². The molecule has 0 radical (unpaired) electrons. The number of carboxylic acid groups (broad SMARTS) is 1. The summed E-state index contributed by atoms with van der Waals surface area (Å²) in [7, 11) is 1.62. The Kier molecular flexibility index (Phi) is 4.74. The molecule has 2 amide bonds. The van der Waals surface area contributed by atoms with Gasteiger partial charge in [-0.25, -0.2) is 0 Å². The number of aromatic nitrogens is 1. The zero-order chi connectivity index (χ0) is 23.0. The number of aliphatic carboxylic acids is 1. The van der Waals surface area contributed by atoms with Crippen LogP contribution < -0.4 is 9.61 Å². The predicted molar refractivity (Wildman–Crippen MR) is 120 cm³/mol. The Morgan fingerprint density at radius 3 is 2.52 bits per heavy atom. The Morgan fingerprint density at radius 1 is 1.15 bits per heavy atom. The standard InChI is InChI=1S/C23H22N2O6S2/c1-31-10-4-2-9(3-5-10)14-15-11-8-12(18(15)32-20-19(14)33-23(30)24-20)17-16(11)21(28)25(22(17)29)7-6-13(26)27/h2-5,11-12,14-18H,6-8H2,1H3,(H,24,30)(H,26,27)/t11-,12+,14+,15-,16+,17+,18-/m1/s1. The summed E-state index contributed by atoms with van der Waals surface area (Å²) in [4.78, 5) is 54.9. The molecule has 1 aromatic heterocycles. The molecule has 8 nitrogen and oxygen atoms in total. The number of likely N-dealkylation sites (tertiary alicyclic amines) is 1. The Labute approximate surface area is 197 Å². The summed E-state index contributed by atoms with van der Waals surface area (Å²) in [5, 5.41) is 10.0. The number of nitrogens with one attached hydrogen (secondary N) is 1. The molecule has 33 heavy (non-hydrogen) atoms. The Bertz CT molecular complexity index is 1220. The van der Waals surface area contributed by atoms with Gasteiger partial charge in [-0.15, -0.1) is 11.8 Å². The first kappa shape index (κ1) is 21.0. The first-order valence-corrected chi connectivity index (χ1v) is 12.7. The number of benzene rings is 1. The molecule has 3 fully saturated rings. The lowest BCUT2D eigenvalue weighted by atomic mass is 9.68. The van der Waals surface area contributed by atoms with E-state index >= 15 is 0 Å². The number of rotatable bonds is 5. The van der Waals surface area contributed by atoms with Gasteiger partial charge in [0.05, 0.1) is 30.4 Å². The molecule has 0 spiro atoms. The number of amides is 2. The van der Waals surface area contributed by atoms with Crippen LogP contribution in [0.1, 0.15) is 29.2 Å². The molecule has 3 heterocycles. The van der Waals surface area contributed by atoms with E-state index in [2.05, 4.69) is 4.98 Å². The molecule has 2 saturated carbocycles. The molecule has 2 N–H and O–H groups in total. The number of thiazole rings is 1. The lowest BCUT2D eigenvalue weighted by Crippen LogP contribution is -2.42. The second-order valence-electron chi connectivity index (χ2n) is 9.21.